The number of halogens is 1. The van der Waals surface area contributed by atoms with Crippen LogP contribution in [0.2, 0.25) is 0 Å². The maximum absolute atomic E-state index is 12.4. The minimum atomic E-state index is -3.62. The number of amides is 1. The van der Waals surface area contributed by atoms with Crippen molar-refractivity contribution in [3.8, 4) is 0 Å². The molecule has 1 heterocycles. The lowest BCUT2D eigenvalue weighted by Crippen LogP contribution is -2.41. The zero-order chi connectivity index (χ0) is 17.2. The number of carbonyl (C=O) groups is 1. The van der Waals surface area contributed by atoms with E-state index in [0.717, 1.165) is 12.8 Å². The molecule has 2 aliphatic rings. The topological polar surface area (TPSA) is 102 Å². The molecule has 1 atom stereocenters. The van der Waals surface area contributed by atoms with Gasteiger partial charge in [0.25, 0.3) is 5.91 Å². The van der Waals surface area contributed by atoms with Gasteiger partial charge in [0.15, 0.2) is 0 Å². The molecule has 0 spiro atoms. The van der Waals surface area contributed by atoms with Crippen molar-refractivity contribution < 1.29 is 17.9 Å². The second-order valence-corrected chi connectivity index (χ2v) is 7.94. The Kier molecular flexibility index (Phi) is 6.81. The molecule has 2 fully saturated rings. The van der Waals surface area contributed by atoms with Crippen molar-refractivity contribution in [2.24, 2.45) is 11.7 Å². The fourth-order valence-electron chi connectivity index (χ4n) is 2.83. The SMILES string of the molecule is Cl.NCC(NS(=O)(=O)c1ccc(C(=O)N2CCOCC2)cc1)C1CC1. The predicted octanol–water partition coefficient (Wildman–Crippen LogP) is 0.596. The van der Waals surface area contributed by atoms with Gasteiger partial charge in [0.05, 0.1) is 18.1 Å². The van der Waals surface area contributed by atoms with Crippen LogP contribution in [0.5, 0.6) is 0 Å². The third-order valence-corrected chi connectivity index (χ3v) is 5.97. The van der Waals surface area contributed by atoms with Crippen LogP contribution in [-0.4, -0.2) is 58.1 Å². The molecule has 25 heavy (non-hydrogen) atoms. The molecule has 0 bridgehead atoms. The Bertz CT molecular complexity index is 686. The highest BCUT2D eigenvalue weighted by atomic mass is 35.5. The predicted molar refractivity (Wildman–Crippen MR) is 96.3 cm³/mol. The van der Waals surface area contributed by atoms with Crippen LogP contribution in [0.25, 0.3) is 0 Å². The van der Waals surface area contributed by atoms with Crippen molar-refractivity contribution in [3.05, 3.63) is 29.8 Å². The number of rotatable bonds is 6. The van der Waals surface area contributed by atoms with Gasteiger partial charge in [0, 0.05) is 31.2 Å². The van der Waals surface area contributed by atoms with Gasteiger partial charge < -0.3 is 15.4 Å². The van der Waals surface area contributed by atoms with Crippen LogP contribution in [0.4, 0.5) is 0 Å². The van der Waals surface area contributed by atoms with E-state index < -0.39 is 10.0 Å². The van der Waals surface area contributed by atoms with E-state index in [9.17, 15) is 13.2 Å². The smallest absolute Gasteiger partial charge is 0.254 e. The monoisotopic (exact) mass is 389 g/mol. The fraction of sp³-hybridized carbons (Fsp3) is 0.562. The van der Waals surface area contributed by atoms with Crippen molar-refractivity contribution >= 4 is 28.3 Å². The molecule has 9 heteroatoms. The first-order chi connectivity index (χ1) is 11.5. The third-order valence-electron chi connectivity index (χ3n) is 4.46. The number of sulfonamides is 1. The van der Waals surface area contributed by atoms with Crippen molar-refractivity contribution in [2.45, 2.75) is 23.8 Å². The van der Waals surface area contributed by atoms with Crippen molar-refractivity contribution in [3.63, 3.8) is 0 Å². The quantitative estimate of drug-likeness (QED) is 0.741. The van der Waals surface area contributed by atoms with Gasteiger partial charge >= 0.3 is 0 Å². The molecule has 3 N–H and O–H groups in total. The largest absolute Gasteiger partial charge is 0.378 e. The number of morpholine rings is 1. The Balaban J connectivity index is 0.00000225. The van der Waals surface area contributed by atoms with E-state index in [1.54, 1.807) is 17.0 Å². The molecule has 0 radical (unpaired) electrons. The highest BCUT2D eigenvalue weighted by molar-refractivity contribution is 7.89. The lowest BCUT2D eigenvalue weighted by Gasteiger charge is -2.26. The molecule has 1 aliphatic heterocycles. The Labute approximate surface area is 154 Å². The third kappa shape index (κ3) is 4.92. The molecule has 1 saturated carbocycles. The molecule has 140 valence electrons. The van der Waals surface area contributed by atoms with Gasteiger partial charge in [-0.1, -0.05) is 0 Å². The molecule has 1 amide bonds. The molecule has 1 aromatic carbocycles. The summed E-state index contributed by atoms with van der Waals surface area (Å²) in [7, 11) is -3.62. The molecule has 1 aromatic rings. The number of hydrogen-bond donors (Lipinski definition) is 2. The Hall–Kier alpha value is -1.19. The van der Waals surface area contributed by atoms with Gasteiger partial charge in [0.2, 0.25) is 10.0 Å². The average Bonchev–Trinajstić information content (AvgIpc) is 3.45. The summed E-state index contributed by atoms with van der Waals surface area (Å²) in [6.45, 7) is 2.46. The number of benzene rings is 1. The van der Waals surface area contributed by atoms with E-state index in [1.165, 1.54) is 12.1 Å². The van der Waals surface area contributed by atoms with Crippen LogP contribution in [-0.2, 0) is 14.8 Å². The second-order valence-electron chi connectivity index (χ2n) is 6.23. The number of ether oxygens (including phenoxy) is 1. The van der Waals surface area contributed by atoms with Crippen LogP contribution >= 0.6 is 12.4 Å². The minimum absolute atomic E-state index is 0. The van der Waals surface area contributed by atoms with Crippen LogP contribution in [0.3, 0.4) is 0 Å². The van der Waals surface area contributed by atoms with Crippen LogP contribution in [0.1, 0.15) is 23.2 Å². The van der Waals surface area contributed by atoms with Crippen molar-refractivity contribution in [2.75, 3.05) is 32.8 Å². The zero-order valence-corrected chi connectivity index (χ0v) is 15.5. The summed E-state index contributed by atoms with van der Waals surface area (Å²) in [5, 5.41) is 0. The number of nitrogens with one attached hydrogen (secondary N) is 1. The second kappa shape index (κ2) is 8.46. The van der Waals surface area contributed by atoms with Gasteiger partial charge in [-0.3, -0.25) is 4.79 Å². The van der Waals surface area contributed by atoms with E-state index in [1.807, 2.05) is 0 Å². The first kappa shape index (κ1) is 20.1. The highest BCUT2D eigenvalue weighted by Crippen LogP contribution is 2.32. The molecule has 0 aromatic heterocycles. The molecular weight excluding hydrogens is 366 g/mol. The van der Waals surface area contributed by atoms with E-state index >= 15 is 0 Å². The molecule has 1 unspecified atom stereocenters. The van der Waals surface area contributed by atoms with Crippen LogP contribution < -0.4 is 10.5 Å². The molecule has 7 nitrogen and oxygen atoms in total. The number of hydrogen-bond acceptors (Lipinski definition) is 5. The van der Waals surface area contributed by atoms with Gasteiger partial charge in [-0.2, -0.15) is 0 Å². The van der Waals surface area contributed by atoms with Gasteiger partial charge in [-0.25, -0.2) is 13.1 Å². The Morgan fingerprint density at radius 2 is 1.84 bits per heavy atom. The van der Waals surface area contributed by atoms with E-state index in [2.05, 4.69) is 4.72 Å². The van der Waals surface area contributed by atoms with Crippen molar-refractivity contribution in [1.29, 1.82) is 0 Å². The summed E-state index contributed by atoms with van der Waals surface area (Å²) < 4.78 is 32.8. The van der Waals surface area contributed by atoms with E-state index in [4.69, 9.17) is 10.5 Å². The average molecular weight is 390 g/mol. The number of carbonyl (C=O) groups excluding carboxylic acids is 1. The minimum Gasteiger partial charge on any atom is -0.378 e. The molecule has 3 rings (SSSR count). The maximum Gasteiger partial charge on any atom is 0.254 e. The number of nitrogens with zero attached hydrogens (tertiary/aromatic N) is 1. The van der Waals surface area contributed by atoms with Gasteiger partial charge in [-0.05, 0) is 43.0 Å². The van der Waals surface area contributed by atoms with Crippen molar-refractivity contribution in [1.82, 2.24) is 9.62 Å². The van der Waals surface area contributed by atoms with E-state index in [0.29, 0.717) is 37.8 Å². The summed E-state index contributed by atoms with van der Waals surface area (Å²) in [5.41, 5.74) is 6.14. The lowest BCUT2D eigenvalue weighted by molar-refractivity contribution is 0.0303. The Morgan fingerprint density at radius 3 is 2.36 bits per heavy atom. The summed E-state index contributed by atoms with van der Waals surface area (Å²) in [6.07, 6.45) is 2.02. The van der Waals surface area contributed by atoms with Gasteiger partial charge in [0.1, 0.15) is 0 Å². The standard InChI is InChI=1S/C16H23N3O4S.ClH/c17-11-15(12-1-2-12)18-24(21,22)14-5-3-13(4-6-14)16(20)19-7-9-23-10-8-19;/h3-6,12,15,18H,1-2,7-11,17H2;1H. The van der Waals surface area contributed by atoms with Gasteiger partial charge in [-0.15, -0.1) is 12.4 Å². The molecular formula is C16H24ClN3O4S. The normalized spacial score (nSPS) is 19.2. The lowest BCUT2D eigenvalue weighted by atomic mass is 10.2. The summed E-state index contributed by atoms with van der Waals surface area (Å²) >= 11 is 0. The first-order valence-corrected chi connectivity index (χ1v) is 9.69. The first-order valence-electron chi connectivity index (χ1n) is 8.21. The van der Waals surface area contributed by atoms with Crippen LogP contribution in [0.15, 0.2) is 29.2 Å². The molecule has 1 aliphatic carbocycles. The zero-order valence-electron chi connectivity index (χ0n) is 13.9. The number of nitrogens with two attached hydrogens (primary N) is 1. The van der Waals surface area contributed by atoms with E-state index in [-0.39, 0.29) is 35.8 Å². The molecule has 1 saturated heterocycles. The summed E-state index contributed by atoms with van der Waals surface area (Å²) in [5.74, 6) is 0.236. The fourth-order valence-corrected chi connectivity index (χ4v) is 4.15. The summed E-state index contributed by atoms with van der Waals surface area (Å²) in [6, 6.07) is 5.83. The Morgan fingerprint density at radius 1 is 1.24 bits per heavy atom. The van der Waals surface area contributed by atoms with Crippen LogP contribution in [0, 0.1) is 5.92 Å². The maximum atomic E-state index is 12.4. The summed E-state index contributed by atoms with van der Waals surface area (Å²) in [4.78, 5) is 14.2. The highest BCUT2D eigenvalue weighted by Gasteiger charge is 2.33.